The third-order valence-corrected chi connectivity index (χ3v) is 5.76. The van der Waals surface area contributed by atoms with E-state index < -0.39 is 5.97 Å². The van der Waals surface area contributed by atoms with E-state index in [0.29, 0.717) is 11.5 Å². The minimum Gasteiger partial charge on any atom is -0.480 e. The first-order chi connectivity index (χ1) is 9.42. The molecule has 3 nitrogen and oxygen atoms in total. The first-order valence-corrected chi connectivity index (χ1v) is 8.38. The number of carboxylic acids is 1. The van der Waals surface area contributed by atoms with Crippen LogP contribution in [0, 0.1) is 17.3 Å². The van der Waals surface area contributed by atoms with Crippen LogP contribution >= 0.6 is 0 Å². The van der Waals surface area contributed by atoms with Crippen LogP contribution in [0.15, 0.2) is 0 Å². The third kappa shape index (κ3) is 4.21. The predicted octanol–water partition coefficient (Wildman–Crippen LogP) is 3.78. The summed E-state index contributed by atoms with van der Waals surface area (Å²) in [5.41, 5.74) is 0.444. The van der Waals surface area contributed by atoms with Crippen molar-refractivity contribution in [3.05, 3.63) is 0 Å². The number of aliphatic carboxylic acids is 1. The summed E-state index contributed by atoms with van der Waals surface area (Å²) < 4.78 is 0. The van der Waals surface area contributed by atoms with Gasteiger partial charge in [-0.3, -0.25) is 9.69 Å². The molecule has 2 saturated carbocycles. The lowest BCUT2D eigenvalue weighted by Crippen LogP contribution is -2.43. The van der Waals surface area contributed by atoms with Crippen molar-refractivity contribution in [2.24, 2.45) is 17.3 Å². The normalized spacial score (nSPS) is 27.8. The zero-order chi connectivity index (χ0) is 14.8. The molecule has 0 radical (unpaired) electrons. The number of hydrogen-bond donors (Lipinski definition) is 1. The second-order valence-corrected chi connectivity index (χ2v) is 7.61. The largest absolute Gasteiger partial charge is 0.480 e. The van der Waals surface area contributed by atoms with Gasteiger partial charge in [-0.1, -0.05) is 27.2 Å². The van der Waals surface area contributed by atoms with Crippen LogP contribution in [-0.2, 0) is 4.79 Å². The molecule has 0 spiro atoms. The molecule has 20 heavy (non-hydrogen) atoms. The average Bonchev–Trinajstić information content (AvgIpc) is 3.21. The first kappa shape index (κ1) is 15.8. The summed E-state index contributed by atoms with van der Waals surface area (Å²) in [6.45, 7) is 8.31. The third-order valence-electron chi connectivity index (χ3n) is 5.76. The van der Waals surface area contributed by atoms with Crippen LogP contribution in [0.3, 0.4) is 0 Å². The van der Waals surface area contributed by atoms with E-state index in [-0.39, 0.29) is 6.54 Å². The van der Waals surface area contributed by atoms with Crippen LogP contribution in [0.1, 0.15) is 65.7 Å². The molecule has 116 valence electrons. The van der Waals surface area contributed by atoms with Gasteiger partial charge in [0.15, 0.2) is 0 Å². The summed E-state index contributed by atoms with van der Waals surface area (Å²) in [5.74, 6) is 0.928. The van der Waals surface area contributed by atoms with Crippen LogP contribution in [0.25, 0.3) is 0 Å². The molecule has 0 amide bonds. The Balaban J connectivity index is 1.87. The van der Waals surface area contributed by atoms with Gasteiger partial charge in [0.05, 0.1) is 6.54 Å². The van der Waals surface area contributed by atoms with E-state index in [1.54, 1.807) is 0 Å². The van der Waals surface area contributed by atoms with Crippen molar-refractivity contribution >= 4 is 5.97 Å². The van der Waals surface area contributed by atoms with Gasteiger partial charge in [0.2, 0.25) is 0 Å². The van der Waals surface area contributed by atoms with E-state index in [9.17, 15) is 4.79 Å². The molecule has 0 aromatic carbocycles. The Morgan fingerprint density at radius 2 is 1.75 bits per heavy atom. The minimum atomic E-state index is -0.665. The maximum atomic E-state index is 11.1. The van der Waals surface area contributed by atoms with Crippen molar-refractivity contribution in [2.75, 3.05) is 13.1 Å². The Morgan fingerprint density at radius 1 is 1.15 bits per heavy atom. The van der Waals surface area contributed by atoms with E-state index in [0.717, 1.165) is 18.4 Å². The molecular formula is C17H31NO2. The molecule has 3 heteroatoms. The SMILES string of the molecule is CCC(C)(C)C1CCC(N(CC(=O)O)CC2CC2)CC1. The molecule has 2 aliphatic carbocycles. The van der Waals surface area contributed by atoms with Crippen LogP contribution < -0.4 is 0 Å². The summed E-state index contributed by atoms with van der Waals surface area (Å²) in [6, 6.07) is 0.510. The maximum Gasteiger partial charge on any atom is 0.317 e. The number of carboxylic acid groups (broad SMARTS) is 1. The molecule has 2 fully saturated rings. The number of carbonyl (C=O) groups is 1. The molecule has 0 saturated heterocycles. The lowest BCUT2D eigenvalue weighted by Gasteiger charge is -2.42. The van der Waals surface area contributed by atoms with Crippen LogP contribution in [0.5, 0.6) is 0 Å². The van der Waals surface area contributed by atoms with Gasteiger partial charge in [-0.05, 0) is 55.8 Å². The van der Waals surface area contributed by atoms with Crippen molar-refractivity contribution in [1.29, 1.82) is 0 Å². The van der Waals surface area contributed by atoms with Crippen molar-refractivity contribution in [2.45, 2.75) is 71.8 Å². The van der Waals surface area contributed by atoms with Crippen LogP contribution in [0.2, 0.25) is 0 Å². The Morgan fingerprint density at radius 3 is 2.20 bits per heavy atom. The second kappa shape index (κ2) is 6.46. The smallest absolute Gasteiger partial charge is 0.317 e. The lowest BCUT2D eigenvalue weighted by atomic mass is 9.68. The Hall–Kier alpha value is -0.570. The Labute approximate surface area is 123 Å². The van der Waals surface area contributed by atoms with Gasteiger partial charge >= 0.3 is 5.97 Å². The zero-order valence-corrected chi connectivity index (χ0v) is 13.4. The fourth-order valence-electron chi connectivity index (χ4n) is 3.66. The van der Waals surface area contributed by atoms with Gasteiger partial charge in [-0.15, -0.1) is 0 Å². The Kier molecular flexibility index (Phi) is 5.11. The predicted molar refractivity (Wildman–Crippen MR) is 81.8 cm³/mol. The standard InChI is InChI=1S/C17H31NO2/c1-4-17(2,3)14-7-9-15(10-8-14)18(12-16(19)20)11-13-5-6-13/h13-15H,4-12H2,1-3H3,(H,19,20). The second-order valence-electron chi connectivity index (χ2n) is 7.61. The molecule has 0 aromatic rings. The molecule has 0 aliphatic heterocycles. The molecule has 2 aliphatic rings. The molecule has 0 bridgehead atoms. The van der Waals surface area contributed by atoms with Gasteiger partial charge in [-0.25, -0.2) is 0 Å². The summed E-state index contributed by atoms with van der Waals surface area (Å²) in [4.78, 5) is 13.3. The van der Waals surface area contributed by atoms with E-state index in [1.165, 1.54) is 44.9 Å². The van der Waals surface area contributed by atoms with E-state index in [1.807, 2.05) is 0 Å². The topological polar surface area (TPSA) is 40.5 Å². The highest BCUT2D eigenvalue weighted by molar-refractivity contribution is 5.69. The summed E-state index contributed by atoms with van der Waals surface area (Å²) in [7, 11) is 0. The van der Waals surface area contributed by atoms with Gasteiger partial charge in [0.1, 0.15) is 0 Å². The number of rotatable bonds is 7. The van der Waals surface area contributed by atoms with Gasteiger partial charge in [0, 0.05) is 12.6 Å². The number of nitrogens with zero attached hydrogens (tertiary/aromatic N) is 1. The highest BCUT2D eigenvalue weighted by Crippen LogP contribution is 2.42. The molecule has 0 atom stereocenters. The highest BCUT2D eigenvalue weighted by atomic mass is 16.4. The minimum absolute atomic E-state index is 0.239. The monoisotopic (exact) mass is 281 g/mol. The van der Waals surface area contributed by atoms with E-state index in [4.69, 9.17) is 5.11 Å². The first-order valence-electron chi connectivity index (χ1n) is 8.38. The highest BCUT2D eigenvalue weighted by Gasteiger charge is 2.35. The van der Waals surface area contributed by atoms with Gasteiger partial charge in [-0.2, -0.15) is 0 Å². The van der Waals surface area contributed by atoms with Crippen molar-refractivity contribution in [3.63, 3.8) is 0 Å². The molecule has 1 N–H and O–H groups in total. The van der Waals surface area contributed by atoms with Gasteiger partial charge in [0.25, 0.3) is 0 Å². The van der Waals surface area contributed by atoms with Crippen molar-refractivity contribution < 1.29 is 9.90 Å². The van der Waals surface area contributed by atoms with E-state index >= 15 is 0 Å². The average molecular weight is 281 g/mol. The van der Waals surface area contributed by atoms with Crippen LogP contribution in [-0.4, -0.2) is 35.1 Å². The molecule has 2 rings (SSSR count). The molecular weight excluding hydrogens is 250 g/mol. The molecule has 0 unspecified atom stereocenters. The maximum absolute atomic E-state index is 11.1. The number of hydrogen-bond acceptors (Lipinski definition) is 2. The quantitative estimate of drug-likeness (QED) is 0.772. The summed E-state index contributed by atoms with van der Waals surface area (Å²) in [5, 5.41) is 9.13. The summed E-state index contributed by atoms with van der Waals surface area (Å²) >= 11 is 0. The fourth-order valence-corrected chi connectivity index (χ4v) is 3.66. The van der Waals surface area contributed by atoms with Gasteiger partial charge < -0.3 is 5.11 Å². The summed E-state index contributed by atoms with van der Waals surface area (Å²) in [6.07, 6.45) is 8.76. The van der Waals surface area contributed by atoms with E-state index in [2.05, 4.69) is 25.7 Å². The molecule has 0 aromatic heterocycles. The fraction of sp³-hybridized carbons (Fsp3) is 0.941. The zero-order valence-electron chi connectivity index (χ0n) is 13.4. The van der Waals surface area contributed by atoms with Crippen LogP contribution in [0.4, 0.5) is 0 Å². The van der Waals surface area contributed by atoms with Crippen molar-refractivity contribution in [3.8, 4) is 0 Å². The Bertz CT molecular complexity index is 328. The van der Waals surface area contributed by atoms with Crippen molar-refractivity contribution in [1.82, 2.24) is 4.90 Å². The molecule has 0 heterocycles. The lowest BCUT2D eigenvalue weighted by molar-refractivity contribution is -0.139.